The minimum atomic E-state index is -1.62. The van der Waals surface area contributed by atoms with Crippen molar-refractivity contribution in [2.75, 3.05) is 14.2 Å². The van der Waals surface area contributed by atoms with Gasteiger partial charge in [0, 0.05) is 12.8 Å². The smallest absolute Gasteiger partial charge is 0.324 e. The van der Waals surface area contributed by atoms with Crippen LogP contribution in [-0.2, 0) is 25.5 Å². The molecule has 0 saturated heterocycles. The van der Waals surface area contributed by atoms with E-state index in [0.29, 0.717) is 9.13 Å². The molecule has 1 N–H and O–H groups in total. The Morgan fingerprint density at radius 1 is 1.33 bits per heavy atom. The van der Waals surface area contributed by atoms with Crippen molar-refractivity contribution in [3.05, 3.63) is 27.3 Å². The molecule has 0 heterocycles. The number of phenols is 1. The van der Waals surface area contributed by atoms with Gasteiger partial charge in [-0.3, -0.25) is 9.59 Å². The topological polar surface area (TPSA) is 72.8 Å². The molecular formula is C15H15IO5. The summed E-state index contributed by atoms with van der Waals surface area (Å²) < 4.78 is 10.0. The summed E-state index contributed by atoms with van der Waals surface area (Å²) >= 11 is 1.94. The number of carbonyl (C=O) groups is 2. The van der Waals surface area contributed by atoms with Gasteiger partial charge in [0.1, 0.15) is 5.75 Å². The van der Waals surface area contributed by atoms with Crippen LogP contribution in [0.1, 0.15) is 12.0 Å². The highest BCUT2D eigenvalue weighted by molar-refractivity contribution is 14.1. The van der Waals surface area contributed by atoms with E-state index in [1.807, 2.05) is 22.6 Å². The molecule has 1 rings (SSSR count). The van der Waals surface area contributed by atoms with Crippen molar-refractivity contribution in [1.29, 1.82) is 0 Å². The fraction of sp³-hybridized carbons (Fsp3) is 0.333. The van der Waals surface area contributed by atoms with Gasteiger partial charge in [-0.15, -0.1) is 12.3 Å². The highest BCUT2D eigenvalue weighted by atomic mass is 127. The summed E-state index contributed by atoms with van der Waals surface area (Å²) in [6, 6.07) is 4.85. The molecular weight excluding hydrogens is 387 g/mol. The van der Waals surface area contributed by atoms with Crippen molar-refractivity contribution in [3.8, 4) is 18.1 Å². The first-order valence-corrected chi connectivity index (χ1v) is 7.07. The molecule has 0 fully saturated rings. The molecule has 1 aromatic rings. The van der Waals surface area contributed by atoms with E-state index in [9.17, 15) is 14.7 Å². The van der Waals surface area contributed by atoms with Gasteiger partial charge in [0.05, 0.1) is 17.8 Å². The van der Waals surface area contributed by atoms with Crippen molar-refractivity contribution in [1.82, 2.24) is 0 Å². The maximum absolute atomic E-state index is 12.1. The second-order valence-electron chi connectivity index (χ2n) is 4.37. The van der Waals surface area contributed by atoms with Gasteiger partial charge < -0.3 is 14.6 Å². The number of halogens is 1. The third kappa shape index (κ3) is 3.47. The predicted molar refractivity (Wildman–Crippen MR) is 84.4 cm³/mol. The molecule has 0 spiro atoms. The molecule has 0 saturated carbocycles. The van der Waals surface area contributed by atoms with Crippen molar-refractivity contribution in [3.63, 3.8) is 0 Å². The van der Waals surface area contributed by atoms with Crippen LogP contribution in [0.4, 0.5) is 0 Å². The number of methoxy groups -OCH3 is 2. The Kier molecular flexibility index (Phi) is 6.03. The van der Waals surface area contributed by atoms with Crippen molar-refractivity contribution < 1.29 is 24.2 Å². The third-order valence-corrected chi connectivity index (χ3v) is 4.35. The number of terminal acetylenes is 1. The zero-order valence-corrected chi connectivity index (χ0v) is 13.8. The Labute approximate surface area is 136 Å². The van der Waals surface area contributed by atoms with Crippen LogP contribution in [0.5, 0.6) is 5.75 Å². The van der Waals surface area contributed by atoms with Crippen LogP contribution in [0, 0.1) is 21.3 Å². The van der Waals surface area contributed by atoms with Crippen molar-refractivity contribution >= 4 is 34.5 Å². The minimum absolute atomic E-state index is 0.0107. The Balaban J connectivity index is 3.36. The summed E-state index contributed by atoms with van der Waals surface area (Å²) in [5.41, 5.74) is -1.01. The van der Waals surface area contributed by atoms with Gasteiger partial charge in [-0.1, -0.05) is 12.1 Å². The van der Waals surface area contributed by atoms with E-state index in [2.05, 4.69) is 5.92 Å². The summed E-state index contributed by atoms with van der Waals surface area (Å²) in [7, 11) is 2.37. The normalized spacial score (nSPS) is 10.6. The summed E-state index contributed by atoms with van der Waals surface area (Å²) in [4.78, 5) is 24.3. The Morgan fingerprint density at radius 3 is 2.38 bits per heavy atom. The van der Waals surface area contributed by atoms with Crippen molar-refractivity contribution in [2.45, 2.75) is 12.8 Å². The largest absolute Gasteiger partial charge is 0.507 e. The molecule has 6 heteroatoms. The Hall–Kier alpha value is -1.75. The number of rotatable bonds is 5. The number of aromatic hydroxyl groups is 1. The summed E-state index contributed by atoms with van der Waals surface area (Å²) in [5.74, 6) is 0.878. The lowest BCUT2D eigenvalue weighted by molar-refractivity contribution is -0.168. The van der Waals surface area contributed by atoms with E-state index in [-0.39, 0.29) is 18.6 Å². The molecule has 0 aliphatic rings. The minimum Gasteiger partial charge on any atom is -0.507 e. The molecule has 21 heavy (non-hydrogen) atoms. The van der Waals surface area contributed by atoms with Gasteiger partial charge in [0.15, 0.2) is 5.41 Å². The van der Waals surface area contributed by atoms with Gasteiger partial charge in [-0.05, 0) is 34.2 Å². The number of hydrogen-bond acceptors (Lipinski definition) is 5. The van der Waals surface area contributed by atoms with Gasteiger partial charge in [-0.25, -0.2) is 0 Å². The lowest BCUT2D eigenvalue weighted by Crippen LogP contribution is -2.43. The van der Waals surface area contributed by atoms with E-state index >= 15 is 0 Å². The zero-order valence-electron chi connectivity index (χ0n) is 11.7. The number of hydrogen-bond donors (Lipinski definition) is 1. The first kappa shape index (κ1) is 17.3. The molecule has 1 aromatic carbocycles. The summed E-state index contributed by atoms with van der Waals surface area (Å²) in [6.07, 6.45) is 5.14. The highest BCUT2D eigenvalue weighted by Gasteiger charge is 2.48. The van der Waals surface area contributed by atoms with Crippen LogP contribution in [0.15, 0.2) is 18.2 Å². The molecule has 0 aliphatic carbocycles. The average molecular weight is 402 g/mol. The standard InChI is InChI=1S/C15H15IO5/c1-4-8-15(13(18)20-2,14(19)21-3)9-10-6-5-7-11(17)12(10)16/h1,5-7,17H,8-9H2,2-3H3. The fourth-order valence-corrected chi connectivity index (χ4v) is 2.58. The lowest BCUT2D eigenvalue weighted by atomic mass is 9.78. The fourth-order valence-electron chi connectivity index (χ4n) is 2.03. The third-order valence-electron chi connectivity index (χ3n) is 3.11. The summed E-state index contributed by atoms with van der Waals surface area (Å²) in [5, 5.41) is 9.74. The second kappa shape index (κ2) is 7.31. The SMILES string of the molecule is C#CCC(Cc1cccc(O)c1I)(C(=O)OC)C(=O)OC. The zero-order chi connectivity index (χ0) is 16.0. The van der Waals surface area contributed by atoms with E-state index < -0.39 is 17.4 Å². The number of esters is 2. The first-order chi connectivity index (χ1) is 9.92. The van der Waals surface area contributed by atoms with Gasteiger partial charge in [-0.2, -0.15) is 0 Å². The maximum atomic E-state index is 12.1. The molecule has 0 aliphatic heterocycles. The molecule has 0 radical (unpaired) electrons. The van der Waals surface area contributed by atoms with Gasteiger partial charge in [0.2, 0.25) is 0 Å². The quantitative estimate of drug-likeness (QED) is 0.353. The van der Waals surface area contributed by atoms with E-state index in [0.717, 1.165) is 0 Å². The molecule has 5 nitrogen and oxygen atoms in total. The van der Waals surface area contributed by atoms with Crippen LogP contribution >= 0.6 is 22.6 Å². The molecule has 0 aromatic heterocycles. The molecule has 0 amide bonds. The van der Waals surface area contributed by atoms with Gasteiger partial charge >= 0.3 is 11.9 Å². The second-order valence-corrected chi connectivity index (χ2v) is 5.45. The number of benzene rings is 1. The average Bonchev–Trinajstić information content (AvgIpc) is 2.49. The van der Waals surface area contributed by atoms with E-state index in [1.165, 1.54) is 20.3 Å². The predicted octanol–water partition coefficient (Wildman–Crippen LogP) is 1.89. The first-order valence-electron chi connectivity index (χ1n) is 5.99. The summed E-state index contributed by atoms with van der Waals surface area (Å²) in [6.45, 7) is 0. The molecule has 0 atom stereocenters. The number of phenolic OH excluding ortho intramolecular Hbond substituents is 1. The van der Waals surface area contributed by atoms with Crippen LogP contribution in [-0.4, -0.2) is 31.3 Å². The Bertz CT molecular complexity index is 572. The lowest BCUT2D eigenvalue weighted by Gasteiger charge is -2.26. The van der Waals surface area contributed by atoms with Crippen LogP contribution < -0.4 is 0 Å². The van der Waals surface area contributed by atoms with Crippen LogP contribution in [0.2, 0.25) is 0 Å². The highest BCUT2D eigenvalue weighted by Crippen LogP contribution is 2.34. The van der Waals surface area contributed by atoms with E-state index in [1.54, 1.807) is 12.1 Å². The Morgan fingerprint density at radius 2 is 1.90 bits per heavy atom. The maximum Gasteiger partial charge on any atom is 0.324 e. The van der Waals surface area contributed by atoms with E-state index in [4.69, 9.17) is 15.9 Å². The van der Waals surface area contributed by atoms with Crippen molar-refractivity contribution in [2.24, 2.45) is 5.41 Å². The number of carbonyl (C=O) groups excluding carboxylic acids is 2. The monoisotopic (exact) mass is 402 g/mol. The van der Waals surface area contributed by atoms with Crippen LogP contribution in [0.3, 0.4) is 0 Å². The molecule has 0 bridgehead atoms. The number of ether oxygens (including phenoxy) is 2. The van der Waals surface area contributed by atoms with Crippen LogP contribution in [0.25, 0.3) is 0 Å². The van der Waals surface area contributed by atoms with Gasteiger partial charge in [0.25, 0.3) is 0 Å². The molecule has 0 unspecified atom stereocenters. The molecule has 112 valence electrons.